The van der Waals surface area contributed by atoms with E-state index in [-0.39, 0.29) is 11.3 Å². The summed E-state index contributed by atoms with van der Waals surface area (Å²) < 4.78 is 47.7. The molecule has 30 heavy (non-hydrogen) atoms. The zero-order chi connectivity index (χ0) is 21.1. The number of nitrogens with zero attached hydrogens (tertiary/aromatic N) is 4. The highest BCUT2D eigenvalue weighted by Crippen LogP contribution is 2.37. The van der Waals surface area contributed by atoms with Crippen LogP contribution in [0, 0.1) is 0 Å². The van der Waals surface area contributed by atoms with E-state index in [1.54, 1.807) is 18.2 Å². The van der Waals surface area contributed by atoms with Crippen LogP contribution in [-0.4, -0.2) is 47.0 Å². The summed E-state index contributed by atoms with van der Waals surface area (Å²) in [6.45, 7) is 1.96. The lowest BCUT2D eigenvalue weighted by Gasteiger charge is -2.29. The first-order chi connectivity index (χ1) is 14.4. The molecule has 1 amide bonds. The Morgan fingerprint density at radius 1 is 1.03 bits per heavy atom. The van der Waals surface area contributed by atoms with Crippen molar-refractivity contribution >= 4 is 17.3 Å². The minimum atomic E-state index is -4.61. The zero-order valence-electron chi connectivity index (χ0n) is 15.8. The maximum atomic E-state index is 13.6. The van der Waals surface area contributed by atoms with Crippen LogP contribution < -0.4 is 10.2 Å². The number of amides is 1. The molecule has 2 heterocycles. The van der Waals surface area contributed by atoms with E-state index in [0.717, 1.165) is 6.07 Å². The SMILES string of the molecule is O=C(Nc1ccc(N2CCOCC2)cc1C(F)(F)F)c1ccc(-n2cncn2)cc1. The topological polar surface area (TPSA) is 72.3 Å². The van der Waals surface area contributed by atoms with Gasteiger partial charge >= 0.3 is 6.18 Å². The average molecular weight is 417 g/mol. The van der Waals surface area contributed by atoms with Gasteiger partial charge in [0.15, 0.2) is 0 Å². The van der Waals surface area contributed by atoms with Gasteiger partial charge in [-0.2, -0.15) is 18.3 Å². The first-order valence-corrected chi connectivity index (χ1v) is 9.22. The molecule has 1 fully saturated rings. The molecule has 0 aliphatic carbocycles. The molecule has 4 rings (SSSR count). The zero-order valence-corrected chi connectivity index (χ0v) is 15.8. The van der Waals surface area contributed by atoms with E-state index < -0.39 is 17.6 Å². The highest BCUT2D eigenvalue weighted by molar-refractivity contribution is 6.04. The summed E-state index contributed by atoms with van der Waals surface area (Å²) in [5.41, 5.74) is 0.170. The number of hydrogen-bond acceptors (Lipinski definition) is 5. The van der Waals surface area contributed by atoms with Crippen LogP contribution in [0.5, 0.6) is 0 Å². The average Bonchev–Trinajstić information content (AvgIpc) is 3.29. The van der Waals surface area contributed by atoms with Gasteiger partial charge in [-0.3, -0.25) is 4.79 Å². The van der Waals surface area contributed by atoms with Gasteiger partial charge < -0.3 is 15.0 Å². The fourth-order valence-electron chi connectivity index (χ4n) is 3.20. The fraction of sp³-hybridized carbons (Fsp3) is 0.250. The standard InChI is InChI=1S/C20H18F3N5O2/c21-20(22,23)17-11-16(27-7-9-30-10-8-27)5-6-18(17)26-19(29)14-1-3-15(4-2-14)28-13-24-12-25-28/h1-6,11-13H,7-10H2,(H,26,29). The van der Waals surface area contributed by atoms with Crippen LogP contribution in [0.25, 0.3) is 5.69 Å². The molecule has 2 aromatic carbocycles. The van der Waals surface area contributed by atoms with Gasteiger partial charge in [0.1, 0.15) is 12.7 Å². The first-order valence-electron chi connectivity index (χ1n) is 9.22. The summed E-state index contributed by atoms with van der Waals surface area (Å²) in [6, 6.07) is 10.2. The number of aromatic nitrogens is 3. The Morgan fingerprint density at radius 2 is 1.73 bits per heavy atom. The van der Waals surface area contributed by atoms with E-state index in [1.807, 2.05) is 4.90 Å². The van der Waals surface area contributed by atoms with Crippen molar-refractivity contribution in [1.82, 2.24) is 14.8 Å². The van der Waals surface area contributed by atoms with Crippen LogP contribution in [0.1, 0.15) is 15.9 Å². The van der Waals surface area contributed by atoms with Crippen molar-refractivity contribution in [1.29, 1.82) is 0 Å². The molecule has 1 saturated heterocycles. The van der Waals surface area contributed by atoms with E-state index >= 15 is 0 Å². The molecular weight excluding hydrogens is 399 g/mol. The van der Waals surface area contributed by atoms with Crippen LogP contribution in [0.2, 0.25) is 0 Å². The third-order valence-corrected chi connectivity index (χ3v) is 4.75. The highest BCUT2D eigenvalue weighted by Gasteiger charge is 2.35. The second-order valence-corrected chi connectivity index (χ2v) is 6.67. The van der Waals surface area contributed by atoms with Crippen molar-refractivity contribution in [3.63, 3.8) is 0 Å². The number of nitrogens with one attached hydrogen (secondary N) is 1. The van der Waals surface area contributed by atoms with E-state index in [4.69, 9.17) is 4.74 Å². The van der Waals surface area contributed by atoms with Gasteiger partial charge in [0.05, 0.1) is 30.2 Å². The molecular formula is C20H18F3N5O2. The lowest BCUT2D eigenvalue weighted by atomic mass is 10.1. The van der Waals surface area contributed by atoms with Crippen molar-refractivity contribution in [3.05, 3.63) is 66.2 Å². The molecule has 7 nitrogen and oxygen atoms in total. The van der Waals surface area contributed by atoms with E-state index in [0.29, 0.717) is 37.7 Å². The summed E-state index contributed by atoms with van der Waals surface area (Å²) in [6.07, 6.45) is -1.73. The maximum Gasteiger partial charge on any atom is 0.418 e. The molecule has 0 saturated carbocycles. The molecule has 3 aromatic rings. The fourth-order valence-corrected chi connectivity index (χ4v) is 3.20. The van der Waals surface area contributed by atoms with Crippen LogP contribution >= 0.6 is 0 Å². The molecule has 0 bridgehead atoms. The Bertz CT molecular complexity index is 1010. The van der Waals surface area contributed by atoms with Crippen molar-refractivity contribution in [2.75, 3.05) is 36.5 Å². The molecule has 10 heteroatoms. The summed E-state index contributed by atoms with van der Waals surface area (Å²) >= 11 is 0. The van der Waals surface area contributed by atoms with Crippen LogP contribution in [0.3, 0.4) is 0 Å². The predicted octanol–water partition coefficient (Wildman–Crippen LogP) is 3.38. The molecule has 0 spiro atoms. The molecule has 1 aromatic heterocycles. The molecule has 0 atom stereocenters. The first kappa shape index (κ1) is 19.9. The number of carbonyl (C=O) groups is 1. The lowest BCUT2D eigenvalue weighted by Crippen LogP contribution is -2.36. The van der Waals surface area contributed by atoms with Gasteiger partial charge in [-0.25, -0.2) is 9.67 Å². The number of morpholine rings is 1. The maximum absolute atomic E-state index is 13.6. The van der Waals surface area contributed by atoms with Crippen molar-refractivity contribution < 1.29 is 22.7 Å². The number of benzene rings is 2. The quantitative estimate of drug-likeness (QED) is 0.705. The second kappa shape index (κ2) is 8.15. The monoisotopic (exact) mass is 417 g/mol. The molecule has 0 unspecified atom stereocenters. The molecule has 1 aliphatic rings. The van der Waals surface area contributed by atoms with Gasteiger partial charge in [0.25, 0.3) is 5.91 Å². The number of rotatable bonds is 4. The van der Waals surface area contributed by atoms with E-state index in [9.17, 15) is 18.0 Å². The summed E-state index contributed by atoms with van der Waals surface area (Å²) in [5, 5.41) is 6.36. The number of anilines is 2. The van der Waals surface area contributed by atoms with E-state index in [2.05, 4.69) is 15.4 Å². The van der Waals surface area contributed by atoms with Gasteiger partial charge in [0.2, 0.25) is 0 Å². The Labute approximate surface area is 170 Å². The Kier molecular flexibility index (Phi) is 5.40. The van der Waals surface area contributed by atoms with Crippen molar-refractivity contribution in [3.8, 4) is 5.69 Å². The van der Waals surface area contributed by atoms with E-state index in [1.165, 1.54) is 35.5 Å². The lowest BCUT2D eigenvalue weighted by molar-refractivity contribution is -0.136. The molecule has 0 radical (unpaired) electrons. The number of carbonyl (C=O) groups excluding carboxylic acids is 1. The van der Waals surface area contributed by atoms with Gasteiger partial charge in [-0.15, -0.1) is 0 Å². The largest absolute Gasteiger partial charge is 0.418 e. The summed E-state index contributed by atoms with van der Waals surface area (Å²) in [4.78, 5) is 18.2. The third-order valence-electron chi connectivity index (χ3n) is 4.75. The van der Waals surface area contributed by atoms with Crippen LogP contribution in [-0.2, 0) is 10.9 Å². The number of hydrogen-bond donors (Lipinski definition) is 1. The third kappa shape index (κ3) is 4.28. The van der Waals surface area contributed by atoms with Crippen molar-refractivity contribution in [2.24, 2.45) is 0 Å². The normalized spacial score (nSPS) is 14.6. The van der Waals surface area contributed by atoms with Crippen LogP contribution in [0.15, 0.2) is 55.1 Å². The Hall–Kier alpha value is -3.40. The minimum Gasteiger partial charge on any atom is -0.378 e. The summed E-state index contributed by atoms with van der Waals surface area (Å²) in [7, 11) is 0. The number of ether oxygens (including phenoxy) is 1. The summed E-state index contributed by atoms with van der Waals surface area (Å²) in [5.74, 6) is -0.634. The Balaban J connectivity index is 1.56. The predicted molar refractivity (Wildman–Crippen MR) is 104 cm³/mol. The number of alkyl halides is 3. The molecule has 1 N–H and O–H groups in total. The molecule has 156 valence electrons. The van der Waals surface area contributed by atoms with Crippen LogP contribution in [0.4, 0.5) is 24.5 Å². The molecule has 1 aliphatic heterocycles. The highest BCUT2D eigenvalue weighted by atomic mass is 19.4. The van der Waals surface area contributed by atoms with Gasteiger partial charge in [-0.1, -0.05) is 0 Å². The smallest absolute Gasteiger partial charge is 0.378 e. The van der Waals surface area contributed by atoms with Gasteiger partial charge in [0, 0.05) is 24.3 Å². The number of halogens is 3. The Morgan fingerprint density at radius 3 is 2.37 bits per heavy atom. The second-order valence-electron chi connectivity index (χ2n) is 6.67. The minimum absolute atomic E-state index is 0.226. The van der Waals surface area contributed by atoms with Crippen molar-refractivity contribution in [2.45, 2.75) is 6.18 Å². The van der Waals surface area contributed by atoms with Gasteiger partial charge in [-0.05, 0) is 42.5 Å².